The van der Waals surface area contributed by atoms with Gasteiger partial charge in [0.1, 0.15) is 0 Å². The third-order valence-electron chi connectivity index (χ3n) is 3.44. The van der Waals surface area contributed by atoms with Gasteiger partial charge >= 0.3 is 0 Å². The van der Waals surface area contributed by atoms with Gasteiger partial charge in [0.05, 0.1) is 4.90 Å². The highest BCUT2D eigenvalue weighted by Gasteiger charge is 2.27. The predicted octanol–water partition coefficient (Wildman–Crippen LogP) is 2.42. The number of nitrogens with two attached hydrogens (primary N) is 1. The summed E-state index contributed by atoms with van der Waals surface area (Å²) >= 11 is 0. The molecule has 1 aromatic carbocycles. The third kappa shape index (κ3) is 4.04. The fraction of sp³-hybridized carbons (Fsp3) is 0.600. The van der Waals surface area contributed by atoms with E-state index in [1.54, 1.807) is 25.2 Å². The quantitative estimate of drug-likeness (QED) is 0.877. The smallest absolute Gasteiger partial charge is 0.242 e. The van der Waals surface area contributed by atoms with Crippen molar-refractivity contribution in [3.8, 4) is 0 Å². The Kier molecular flexibility index (Phi) is 5.35. The molecule has 1 aromatic rings. The Morgan fingerprint density at radius 1 is 1.30 bits per heavy atom. The highest BCUT2D eigenvalue weighted by atomic mass is 32.2. The van der Waals surface area contributed by atoms with E-state index in [0.717, 1.165) is 5.56 Å². The first kappa shape index (κ1) is 17.1. The van der Waals surface area contributed by atoms with E-state index in [0.29, 0.717) is 23.9 Å². The zero-order valence-electron chi connectivity index (χ0n) is 13.1. The Bertz CT molecular complexity index is 551. The van der Waals surface area contributed by atoms with E-state index in [4.69, 9.17) is 5.73 Å². The second-order valence-corrected chi connectivity index (χ2v) is 8.40. The molecule has 0 amide bonds. The van der Waals surface area contributed by atoms with Gasteiger partial charge in [-0.1, -0.05) is 39.8 Å². The minimum Gasteiger partial charge on any atom is -0.330 e. The van der Waals surface area contributed by atoms with E-state index in [1.165, 1.54) is 4.31 Å². The minimum absolute atomic E-state index is 0.239. The monoisotopic (exact) mass is 298 g/mol. The van der Waals surface area contributed by atoms with Gasteiger partial charge in [-0.25, -0.2) is 12.7 Å². The van der Waals surface area contributed by atoms with E-state index in [9.17, 15) is 8.42 Å². The topological polar surface area (TPSA) is 63.4 Å². The molecule has 0 saturated heterocycles. The van der Waals surface area contributed by atoms with Crippen molar-refractivity contribution < 1.29 is 8.42 Å². The zero-order valence-corrected chi connectivity index (χ0v) is 13.9. The number of rotatable bonds is 6. The van der Waals surface area contributed by atoms with Crippen LogP contribution < -0.4 is 5.73 Å². The molecule has 0 aliphatic carbocycles. The summed E-state index contributed by atoms with van der Waals surface area (Å²) < 4.78 is 26.6. The Hall–Kier alpha value is -0.910. The minimum atomic E-state index is -3.46. The molecular weight excluding hydrogens is 272 g/mol. The Balaban J connectivity index is 3.07. The normalized spacial score (nSPS) is 13.2. The number of nitrogens with zero attached hydrogens (tertiary/aromatic N) is 1. The summed E-state index contributed by atoms with van der Waals surface area (Å²) in [6.07, 6.45) is 0. The van der Waals surface area contributed by atoms with Crippen LogP contribution in [0.5, 0.6) is 0 Å². The maximum atomic E-state index is 12.6. The summed E-state index contributed by atoms with van der Waals surface area (Å²) in [4.78, 5) is 0.346. The van der Waals surface area contributed by atoms with Crippen molar-refractivity contribution in [2.24, 2.45) is 11.1 Å². The summed E-state index contributed by atoms with van der Waals surface area (Å²) in [5.41, 5.74) is 6.47. The highest BCUT2D eigenvalue weighted by Crippen LogP contribution is 2.23. The van der Waals surface area contributed by atoms with Crippen molar-refractivity contribution in [1.82, 2.24) is 4.31 Å². The van der Waals surface area contributed by atoms with Crippen LogP contribution in [0.3, 0.4) is 0 Å². The molecule has 0 fully saturated rings. The molecular formula is C15H26N2O2S. The lowest BCUT2D eigenvalue weighted by Gasteiger charge is -2.28. The fourth-order valence-electron chi connectivity index (χ4n) is 1.97. The molecule has 0 atom stereocenters. The lowest BCUT2D eigenvalue weighted by Crippen LogP contribution is -2.39. The molecule has 0 heterocycles. The average Bonchev–Trinajstić information content (AvgIpc) is 2.38. The SMILES string of the molecule is CC(C)c1cccc(S(=O)(=O)N(C)CC(C)(C)CN)c1. The summed E-state index contributed by atoms with van der Waals surface area (Å²) in [6, 6.07) is 7.15. The van der Waals surface area contributed by atoms with Gasteiger partial charge in [0.2, 0.25) is 10.0 Å². The molecule has 0 spiro atoms. The molecule has 0 saturated carbocycles. The summed E-state index contributed by atoms with van der Waals surface area (Å²) in [5.74, 6) is 0.302. The second kappa shape index (κ2) is 6.24. The molecule has 0 aromatic heterocycles. The molecule has 1 rings (SSSR count). The Labute approximate surface area is 123 Å². The van der Waals surface area contributed by atoms with Crippen LogP contribution in [0.2, 0.25) is 0 Å². The number of benzene rings is 1. The maximum Gasteiger partial charge on any atom is 0.242 e. The summed E-state index contributed by atoms with van der Waals surface area (Å²) in [5, 5.41) is 0. The molecule has 0 aliphatic heterocycles. The Morgan fingerprint density at radius 2 is 1.90 bits per heavy atom. The number of hydrogen-bond donors (Lipinski definition) is 1. The van der Waals surface area contributed by atoms with Gasteiger partial charge in [-0.3, -0.25) is 0 Å². The van der Waals surface area contributed by atoms with Gasteiger partial charge in [-0.05, 0) is 35.6 Å². The lowest BCUT2D eigenvalue weighted by atomic mass is 9.94. The molecule has 20 heavy (non-hydrogen) atoms. The van der Waals surface area contributed by atoms with E-state index in [-0.39, 0.29) is 5.41 Å². The van der Waals surface area contributed by atoms with Gasteiger partial charge in [0, 0.05) is 13.6 Å². The second-order valence-electron chi connectivity index (χ2n) is 6.36. The first-order valence-electron chi connectivity index (χ1n) is 6.86. The van der Waals surface area contributed by atoms with Crippen molar-refractivity contribution in [2.75, 3.05) is 20.1 Å². The standard InChI is InChI=1S/C15H26N2O2S/c1-12(2)13-7-6-8-14(9-13)20(18,19)17(5)11-15(3,4)10-16/h6-9,12H,10-11,16H2,1-5H3. The van der Waals surface area contributed by atoms with Crippen LogP contribution in [0.15, 0.2) is 29.2 Å². The van der Waals surface area contributed by atoms with E-state index in [2.05, 4.69) is 0 Å². The van der Waals surface area contributed by atoms with Crippen molar-refractivity contribution >= 4 is 10.0 Å². The predicted molar refractivity (Wildman–Crippen MR) is 83.2 cm³/mol. The molecule has 4 nitrogen and oxygen atoms in total. The van der Waals surface area contributed by atoms with E-state index in [1.807, 2.05) is 33.8 Å². The lowest BCUT2D eigenvalue weighted by molar-refractivity contribution is 0.292. The third-order valence-corrected chi connectivity index (χ3v) is 5.24. The number of hydrogen-bond acceptors (Lipinski definition) is 3. The van der Waals surface area contributed by atoms with Crippen LogP contribution >= 0.6 is 0 Å². The fourth-order valence-corrected chi connectivity index (χ4v) is 3.38. The average molecular weight is 298 g/mol. The van der Waals surface area contributed by atoms with Crippen LogP contribution in [0.4, 0.5) is 0 Å². The van der Waals surface area contributed by atoms with Crippen LogP contribution in [-0.4, -0.2) is 32.9 Å². The Morgan fingerprint density at radius 3 is 2.40 bits per heavy atom. The van der Waals surface area contributed by atoms with Gasteiger partial charge in [0.15, 0.2) is 0 Å². The molecule has 0 radical (unpaired) electrons. The van der Waals surface area contributed by atoms with E-state index >= 15 is 0 Å². The van der Waals surface area contributed by atoms with Crippen LogP contribution in [0.25, 0.3) is 0 Å². The maximum absolute atomic E-state index is 12.6. The van der Waals surface area contributed by atoms with Gasteiger partial charge in [-0.2, -0.15) is 0 Å². The van der Waals surface area contributed by atoms with Crippen LogP contribution in [0.1, 0.15) is 39.2 Å². The first-order valence-corrected chi connectivity index (χ1v) is 8.30. The molecule has 114 valence electrons. The van der Waals surface area contributed by atoms with Gasteiger partial charge in [0.25, 0.3) is 0 Å². The van der Waals surface area contributed by atoms with Crippen molar-refractivity contribution in [1.29, 1.82) is 0 Å². The van der Waals surface area contributed by atoms with Gasteiger partial charge in [-0.15, -0.1) is 0 Å². The van der Waals surface area contributed by atoms with Crippen molar-refractivity contribution in [3.05, 3.63) is 29.8 Å². The molecule has 0 aliphatic rings. The number of sulfonamides is 1. The van der Waals surface area contributed by atoms with Crippen LogP contribution in [-0.2, 0) is 10.0 Å². The van der Waals surface area contributed by atoms with Crippen molar-refractivity contribution in [3.63, 3.8) is 0 Å². The van der Waals surface area contributed by atoms with Gasteiger partial charge < -0.3 is 5.73 Å². The largest absolute Gasteiger partial charge is 0.330 e. The highest BCUT2D eigenvalue weighted by molar-refractivity contribution is 7.89. The van der Waals surface area contributed by atoms with E-state index < -0.39 is 10.0 Å². The van der Waals surface area contributed by atoms with Crippen LogP contribution in [0, 0.1) is 5.41 Å². The molecule has 2 N–H and O–H groups in total. The van der Waals surface area contributed by atoms with Crippen molar-refractivity contribution in [2.45, 2.75) is 38.5 Å². The first-order chi connectivity index (χ1) is 9.10. The summed E-state index contributed by atoms with van der Waals surface area (Å²) in [7, 11) is -1.85. The molecule has 0 bridgehead atoms. The molecule has 5 heteroatoms. The zero-order chi connectivity index (χ0) is 15.6. The molecule has 0 unspecified atom stereocenters. The summed E-state index contributed by atoms with van der Waals surface area (Å²) in [6.45, 7) is 8.86.